The molecule has 178 valence electrons. The number of nitriles is 1. The van der Waals surface area contributed by atoms with E-state index in [1.54, 1.807) is 54.1 Å². The van der Waals surface area contributed by atoms with Gasteiger partial charge in [-0.1, -0.05) is 12.1 Å². The third-order valence-electron chi connectivity index (χ3n) is 5.23. The van der Waals surface area contributed by atoms with Crippen molar-refractivity contribution in [2.75, 3.05) is 23.8 Å². The van der Waals surface area contributed by atoms with Crippen molar-refractivity contribution in [2.45, 2.75) is 6.10 Å². The number of H-pyrrole nitrogens is 1. The number of hydrogen-bond acceptors (Lipinski definition) is 8. The van der Waals surface area contributed by atoms with Crippen LogP contribution in [0, 0.1) is 11.3 Å². The number of aromatic nitrogens is 5. The third kappa shape index (κ3) is 4.93. The first kappa shape index (κ1) is 23.4. The number of aromatic amines is 1. The third-order valence-corrected chi connectivity index (χ3v) is 5.23. The van der Waals surface area contributed by atoms with Crippen LogP contribution in [0.4, 0.5) is 16.2 Å². The van der Waals surface area contributed by atoms with E-state index in [1.165, 1.54) is 0 Å². The number of benzene rings is 2. The van der Waals surface area contributed by atoms with Crippen molar-refractivity contribution in [3.05, 3.63) is 53.7 Å². The van der Waals surface area contributed by atoms with Gasteiger partial charge >= 0.3 is 6.03 Å². The Bertz CT molecular complexity index is 1420. The van der Waals surface area contributed by atoms with Gasteiger partial charge in [-0.3, -0.25) is 4.79 Å². The number of amides is 3. The van der Waals surface area contributed by atoms with Gasteiger partial charge in [0.25, 0.3) is 5.91 Å². The zero-order valence-electron chi connectivity index (χ0n) is 18.5. The first-order valence-corrected chi connectivity index (χ1v) is 10.4. The SMILES string of the molecule is Cn1c(C(=O)Nc2ccc(C#N)cc2-c2nn[nH]n2)cc2cccc(NC(=O)NCC(O)CO)c21. The number of rotatable bonds is 7. The summed E-state index contributed by atoms with van der Waals surface area (Å²) in [6.45, 7) is -0.591. The van der Waals surface area contributed by atoms with E-state index in [0.29, 0.717) is 39.1 Å². The summed E-state index contributed by atoms with van der Waals surface area (Å²) >= 11 is 0. The van der Waals surface area contributed by atoms with Crippen molar-refractivity contribution >= 4 is 34.2 Å². The Hall–Kier alpha value is -4.80. The zero-order valence-corrected chi connectivity index (χ0v) is 18.5. The fraction of sp³-hybridized carbons (Fsp3) is 0.182. The minimum atomic E-state index is -1.07. The van der Waals surface area contributed by atoms with E-state index in [0.717, 1.165) is 0 Å². The van der Waals surface area contributed by atoms with Gasteiger partial charge in [0.1, 0.15) is 5.69 Å². The number of fused-ring (bicyclic) bond motifs is 1. The molecule has 2 heterocycles. The molecule has 1 atom stereocenters. The summed E-state index contributed by atoms with van der Waals surface area (Å²) in [7, 11) is 1.69. The van der Waals surface area contributed by atoms with Crippen LogP contribution in [0.2, 0.25) is 0 Å². The van der Waals surface area contributed by atoms with Gasteiger partial charge < -0.3 is 30.7 Å². The smallest absolute Gasteiger partial charge is 0.319 e. The summed E-state index contributed by atoms with van der Waals surface area (Å²) in [5.74, 6) is -0.210. The van der Waals surface area contributed by atoms with Crippen LogP contribution >= 0.6 is 0 Å². The molecule has 13 nitrogen and oxygen atoms in total. The maximum Gasteiger partial charge on any atom is 0.319 e. The van der Waals surface area contributed by atoms with Crippen molar-refractivity contribution in [2.24, 2.45) is 7.05 Å². The summed E-state index contributed by atoms with van der Waals surface area (Å²) in [4.78, 5) is 25.4. The molecule has 0 spiro atoms. The van der Waals surface area contributed by atoms with Gasteiger partial charge in [0, 0.05) is 24.5 Å². The van der Waals surface area contributed by atoms with E-state index >= 15 is 0 Å². The number of hydrogen-bond donors (Lipinski definition) is 6. The van der Waals surface area contributed by atoms with Gasteiger partial charge in [-0.05, 0) is 35.5 Å². The molecule has 0 aliphatic carbocycles. The van der Waals surface area contributed by atoms with Gasteiger partial charge in [-0.15, -0.1) is 10.2 Å². The predicted molar refractivity (Wildman–Crippen MR) is 125 cm³/mol. The minimum absolute atomic E-state index is 0.119. The van der Waals surface area contributed by atoms with Crippen LogP contribution in [0.3, 0.4) is 0 Å². The molecule has 13 heteroatoms. The topological polar surface area (TPSA) is 194 Å². The molecule has 3 amide bonds. The minimum Gasteiger partial charge on any atom is -0.394 e. The standard InChI is InChI=1S/C22H21N9O4/c1-31-18(8-13-3-2-4-17(19(13)31)26-22(35)24-10-14(33)11-32)21(34)25-16-6-5-12(9-23)7-15(16)20-27-29-30-28-20/h2-8,14,32-33H,10-11H2,1H3,(H,25,34)(H2,24,26,35)(H,27,28,29,30). The normalized spacial score (nSPS) is 11.6. The van der Waals surface area contributed by atoms with E-state index in [2.05, 4.69) is 36.6 Å². The van der Waals surface area contributed by atoms with E-state index in [1.807, 2.05) is 6.07 Å². The molecular formula is C22H21N9O4. The maximum atomic E-state index is 13.2. The van der Waals surface area contributed by atoms with E-state index in [-0.39, 0.29) is 12.4 Å². The second-order valence-corrected chi connectivity index (χ2v) is 7.57. The highest BCUT2D eigenvalue weighted by Gasteiger charge is 2.19. The summed E-state index contributed by atoms with van der Waals surface area (Å²) < 4.78 is 1.64. The molecule has 35 heavy (non-hydrogen) atoms. The molecule has 4 aromatic rings. The van der Waals surface area contributed by atoms with Crippen LogP contribution in [0.15, 0.2) is 42.5 Å². The molecule has 1 unspecified atom stereocenters. The number of aryl methyl sites for hydroxylation is 1. The van der Waals surface area contributed by atoms with Crippen molar-refractivity contribution < 1.29 is 19.8 Å². The van der Waals surface area contributed by atoms with Crippen LogP contribution in [0.25, 0.3) is 22.3 Å². The van der Waals surface area contributed by atoms with Crippen LogP contribution in [0.1, 0.15) is 16.1 Å². The van der Waals surface area contributed by atoms with E-state index in [9.17, 15) is 20.0 Å². The van der Waals surface area contributed by atoms with Crippen LogP contribution in [-0.2, 0) is 7.05 Å². The fourth-order valence-electron chi connectivity index (χ4n) is 3.55. The highest BCUT2D eigenvalue weighted by molar-refractivity contribution is 6.10. The molecular weight excluding hydrogens is 454 g/mol. The lowest BCUT2D eigenvalue weighted by atomic mass is 10.1. The van der Waals surface area contributed by atoms with Crippen molar-refractivity contribution in [1.29, 1.82) is 5.26 Å². The summed E-state index contributed by atoms with van der Waals surface area (Å²) in [5.41, 5.74) is 2.55. The van der Waals surface area contributed by atoms with Crippen LogP contribution < -0.4 is 16.0 Å². The molecule has 0 radical (unpaired) electrons. The predicted octanol–water partition coefficient (Wildman–Crippen LogP) is 0.957. The lowest BCUT2D eigenvalue weighted by Crippen LogP contribution is -2.36. The molecule has 2 aromatic heterocycles. The van der Waals surface area contributed by atoms with Gasteiger partial charge in [0.05, 0.1) is 41.2 Å². The van der Waals surface area contributed by atoms with Gasteiger partial charge in [0.15, 0.2) is 0 Å². The Morgan fingerprint density at radius 3 is 2.74 bits per heavy atom. The second kappa shape index (κ2) is 10.00. The number of anilines is 2. The quantitative estimate of drug-likeness (QED) is 0.227. The Morgan fingerprint density at radius 2 is 2.03 bits per heavy atom. The molecule has 0 aliphatic heterocycles. The molecule has 0 saturated carbocycles. The summed E-state index contributed by atoms with van der Waals surface area (Å²) in [6, 6.07) is 13.1. The highest BCUT2D eigenvalue weighted by Crippen LogP contribution is 2.29. The Morgan fingerprint density at radius 1 is 1.20 bits per heavy atom. The Balaban J connectivity index is 1.61. The maximum absolute atomic E-state index is 13.2. The van der Waals surface area contributed by atoms with Gasteiger partial charge in [0.2, 0.25) is 5.82 Å². The van der Waals surface area contributed by atoms with Crippen molar-refractivity contribution in [1.82, 2.24) is 30.5 Å². The van der Waals surface area contributed by atoms with Gasteiger partial charge in [-0.25, -0.2) is 4.79 Å². The average Bonchev–Trinajstić information content (AvgIpc) is 3.51. The number of nitrogens with zero attached hydrogens (tertiary/aromatic N) is 5. The largest absolute Gasteiger partial charge is 0.394 e. The number of aliphatic hydroxyl groups is 2. The number of tetrazole rings is 1. The number of aliphatic hydroxyl groups excluding tert-OH is 2. The van der Waals surface area contributed by atoms with E-state index in [4.69, 9.17) is 5.11 Å². The van der Waals surface area contributed by atoms with Crippen LogP contribution in [-0.4, -0.2) is 66.6 Å². The first-order valence-electron chi connectivity index (χ1n) is 10.4. The highest BCUT2D eigenvalue weighted by atomic mass is 16.3. The molecule has 4 rings (SSSR count). The van der Waals surface area contributed by atoms with Crippen molar-refractivity contribution in [3.63, 3.8) is 0 Å². The lowest BCUT2D eigenvalue weighted by molar-refractivity contribution is 0.0965. The molecule has 0 saturated heterocycles. The number of nitrogens with one attached hydrogen (secondary N) is 4. The molecule has 6 N–H and O–H groups in total. The summed E-state index contributed by atoms with van der Waals surface area (Å²) in [6.07, 6.45) is -1.07. The molecule has 2 aromatic carbocycles. The molecule has 0 aliphatic rings. The fourth-order valence-corrected chi connectivity index (χ4v) is 3.55. The van der Waals surface area contributed by atoms with Crippen molar-refractivity contribution in [3.8, 4) is 17.5 Å². The molecule has 0 fully saturated rings. The second-order valence-electron chi connectivity index (χ2n) is 7.57. The zero-order chi connectivity index (χ0) is 24.9. The number of para-hydroxylation sites is 1. The number of carbonyl (C=O) groups is 2. The van der Waals surface area contributed by atoms with E-state index < -0.39 is 24.6 Å². The van der Waals surface area contributed by atoms with Gasteiger partial charge in [-0.2, -0.15) is 10.5 Å². The number of urea groups is 1. The monoisotopic (exact) mass is 475 g/mol. The lowest BCUT2D eigenvalue weighted by Gasteiger charge is -2.13. The average molecular weight is 475 g/mol. The Kier molecular flexibility index (Phi) is 6.67. The summed E-state index contributed by atoms with van der Waals surface area (Å²) in [5, 5.41) is 50.0. The molecule has 0 bridgehead atoms. The number of carbonyl (C=O) groups excluding carboxylic acids is 2. The van der Waals surface area contributed by atoms with Crippen LogP contribution in [0.5, 0.6) is 0 Å². The first-order chi connectivity index (χ1) is 16.9. The Labute approximate surface area is 198 Å².